The van der Waals surface area contributed by atoms with E-state index in [1.165, 1.54) is 0 Å². The van der Waals surface area contributed by atoms with Gasteiger partial charge >= 0.3 is 13.8 Å². The fourth-order valence-corrected chi connectivity index (χ4v) is 3.07. The van der Waals surface area contributed by atoms with Gasteiger partial charge in [0.1, 0.15) is 0 Å². The molecule has 21 heavy (non-hydrogen) atoms. The molecule has 0 aromatic heterocycles. The van der Waals surface area contributed by atoms with E-state index in [0.717, 1.165) is 10.8 Å². The molecule has 0 bridgehead atoms. The van der Waals surface area contributed by atoms with Crippen molar-refractivity contribution in [2.75, 3.05) is 13.2 Å². The number of carbonyl (C=O) groups is 1. The number of hydrogen-bond donors (Lipinski definition) is 0. The van der Waals surface area contributed by atoms with Crippen LogP contribution in [0.2, 0.25) is 0 Å². The van der Waals surface area contributed by atoms with Gasteiger partial charge in [-0.05, 0) is 30.7 Å². The summed E-state index contributed by atoms with van der Waals surface area (Å²) in [6.07, 6.45) is 0. The quantitative estimate of drug-likeness (QED) is 0.749. The van der Waals surface area contributed by atoms with Crippen molar-refractivity contribution in [3.05, 3.63) is 48.0 Å². The highest BCUT2D eigenvalue weighted by Gasteiger charge is 2.31. The van der Waals surface area contributed by atoms with Gasteiger partial charge in [-0.1, -0.05) is 36.4 Å². The van der Waals surface area contributed by atoms with E-state index < -0.39 is 13.8 Å². The largest absolute Gasteiger partial charge is 0.532 e. The van der Waals surface area contributed by atoms with E-state index in [4.69, 9.17) is 13.6 Å². The van der Waals surface area contributed by atoms with Crippen molar-refractivity contribution in [3.63, 3.8) is 0 Å². The molecule has 0 N–H and O–H groups in total. The standard InChI is InChI=1S/C15H17O5P/c1-3-18-21(17,19-4-2)20-15(16)14-11-7-9-12-8-5-6-10-13(12)14/h5-11H,3-4H2,1-2H3. The van der Waals surface area contributed by atoms with E-state index >= 15 is 0 Å². The highest BCUT2D eigenvalue weighted by atomic mass is 31.2. The van der Waals surface area contributed by atoms with Crippen LogP contribution in [-0.2, 0) is 18.1 Å². The van der Waals surface area contributed by atoms with Crippen LogP contribution in [-0.4, -0.2) is 19.2 Å². The normalized spacial score (nSPS) is 11.5. The van der Waals surface area contributed by atoms with Crippen LogP contribution in [0.4, 0.5) is 0 Å². The van der Waals surface area contributed by atoms with E-state index in [1.54, 1.807) is 32.0 Å². The summed E-state index contributed by atoms with van der Waals surface area (Å²) in [6, 6.07) is 12.6. The second-order valence-corrected chi connectivity index (χ2v) is 5.78. The smallest absolute Gasteiger partial charge is 0.367 e. The molecule has 112 valence electrons. The first kappa shape index (κ1) is 15.7. The van der Waals surface area contributed by atoms with Crippen LogP contribution < -0.4 is 0 Å². The van der Waals surface area contributed by atoms with Gasteiger partial charge in [0, 0.05) is 0 Å². The summed E-state index contributed by atoms with van der Waals surface area (Å²) in [5.41, 5.74) is 0.327. The molecular weight excluding hydrogens is 291 g/mol. The van der Waals surface area contributed by atoms with Gasteiger partial charge in [0.25, 0.3) is 0 Å². The van der Waals surface area contributed by atoms with Crippen molar-refractivity contribution in [3.8, 4) is 0 Å². The monoisotopic (exact) mass is 308 g/mol. The van der Waals surface area contributed by atoms with E-state index in [1.807, 2.05) is 24.3 Å². The van der Waals surface area contributed by atoms with Gasteiger partial charge in [0.2, 0.25) is 0 Å². The van der Waals surface area contributed by atoms with Crippen LogP contribution >= 0.6 is 7.82 Å². The lowest BCUT2D eigenvalue weighted by molar-refractivity contribution is 0.0608. The van der Waals surface area contributed by atoms with Gasteiger partial charge in [-0.2, -0.15) is 0 Å². The predicted octanol–water partition coefficient (Wildman–Crippen LogP) is 4.18. The summed E-state index contributed by atoms with van der Waals surface area (Å²) in [5, 5.41) is 1.62. The maximum absolute atomic E-state index is 12.3. The molecule has 0 saturated carbocycles. The summed E-state index contributed by atoms with van der Waals surface area (Å²) in [7, 11) is -3.87. The molecule has 2 rings (SSSR count). The number of rotatable bonds is 6. The van der Waals surface area contributed by atoms with Crippen LogP contribution in [0.5, 0.6) is 0 Å². The third-order valence-corrected chi connectivity index (χ3v) is 4.32. The van der Waals surface area contributed by atoms with Crippen molar-refractivity contribution in [1.82, 2.24) is 0 Å². The fourth-order valence-electron chi connectivity index (χ4n) is 1.96. The minimum absolute atomic E-state index is 0.125. The molecule has 0 radical (unpaired) electrons. The van der Waals surface area contributed by atoms with Gasteiger partial charge in [0.05, 0.1) is 18.8 Å². The lowest BCUT2D eigenvalue weighted by Crippen LogP contribution is -2.08. The molecular formula is C15H17O5P. The van der Waals surface area contributed by atoms with Crippen molar-refractivity contribution >= 4 is 24.6 Å². The van der Waals surface area contributed by atoms with E-state index in [-0.39, 0.29) is 13.2 Å². The Balaban J connectivity index is 2.32. The molecule has 2 aromatic rings. The van der Waals surface area contributed by atoms with E-state index in [2.05, 4.69) is 0 Å². The zero-order chi connectivity index (χ0) is 15.3. The van der Waals surface area contributed by atoms with Gasteiger partial charge in [-0.15, -0.1) is 0 Å². The first-order valence-corrected chi connectivity index (χ1v) is 8.16. The molecule has 0 unspecified atom stereocenters. The lowest BCUT2D eigenvalue weighted by atomic mass is 10.1. The van der Waals surface area contributed by atoms with Crippen LogP contribution in [0.15, 0.2) is 42.5 Å². The topological polar surface area (TPSA) is 61.8 Å². The fraction of sp³-hybridized carbons (Fsp3) is 0.267. The summed E-state index contributed by atoms with van der Waals surface area (Å²) >= 11 is 0. The lowest BCUT2D eigenvalue weighted by Gasteiger charge is -2.16. The number of carbonyl (C=O) groups excluding carboxylic acids is 1. The van der Waals surface area contributed by atoms with Crippen LogP contribution in [0.3, 0.4) is 0 Å². The second-order valence-electron chi connectivity index (χ2n) is 4.19. The van der Waals surface area contributed by atoms with Crippen molar-refractivity contribution < 1.29 is 22.9 Å². The molecule has 0 heterocycles. The molecule has 0 fully saturated rings. The Hall–Kier alpha value is -1.68. The number of phosphoric acid groups is 1. The molecule has 5 nitrogen and oxygen atoms in total. The Morgan fingerprint density at radius 3 is 2.29 bits per heavy atom. The molecule has 0 aliphatic heterocycles. The van der Waals surface area contributed by atoms with E-state index in [9.17, 15) is 9.36 Å². The predicted molar refractivity (Wildman–Crippen MR) is 80.2 cm³/mol. The molecule has 6 heteroatoms. The second kappa shape index (κ2) is 6.85. The number of benzene rings is 2. The first-order chi connectivity index (χ1) is 10.1. The Morgan fingerprint density at radius 2 is 1.62 bits per heavy atom. The number of hydrogen-bond acceptors (Lipinski definition) is 5. The maximum atomic E-state index is 12.3. The average Bonchev–Trinajstić information content (AvgIpc) is 2.46. The molecule has 0 spiro atoms. The summed E-state index contributed by atoms with van der Waals surface area (Å²) in [5.74, 6) is -0.725. The summed E-state index contributed by atoms with van der Waals surface area (Å²) in [6.45, 7) is 3.55. The Morgan fingerprint density at radius 1 is 1.00 bits per heavy atom. The van der Waals surface area contributed by atoms with Crippen LogP contribution in [0.25, 0.3) is 10.8 Å². The Labute approximate surface area is 123 Å². The van der Waals surface area contributed by atoms with Gasteiger partial charge in [-0.3, -0.25) is 9.05 Å². The summed E-state index contributed by atoms with van der Waals surface area (Å²) in [4.78, 5) is 12.3. The maximum Gasteiger partial charge on any atom is 0.532 e. The molecule has 0 atom stereocenters. The molecule has 0 saturated heterocycles. The van der Waals surface area contributed by atoms with Crippen molar-refractivity contribution in [1.29, 1.82) is 0 Å². The molecule has 0 aliphatic carbocycles. The average molecular weight is 308 g/mol. The number of fused-ring (bicyclic) bond motifs is 1. The van der Waals surface area contributed by atoms with Crippen LogP contribution in [0.1, 0.15) is 24.2 Å². The third kappa shape index (κ3) is 3.70. The minimum atomic E-state index is -3.87. The third-order valence-electron chi connectivity index (χ3n) is 2.78. The van der Waals surface area contributed by atoms with Gasteiger partial charge in [0.15, 0.2) is 0 Å². The Bertz CT molecular complexity index is 667. The van der Waals surface area contributed by atoms with Crippen LogP contribution in [0, 0.1) is 0 Å². The highest BCUT2D eigenvalue weighted by Crippen LogP contribution is 2.50. The Kier molecular flexibility index (Phi) is 5.12. The molecule has 0 amide bonds. The van der Waals surface area contributed by atoms with Gasteiger partial charge < -0.3 is 4.52 Å². The van der Waals surface area contributed by atoms with Gasteiger partial charge in [-0.25, -0.2) is 9.36 Å². The minimum Gasteiger partial charge on any atom is -0.367 e. The summed E-state index contributed by atoms with van der Waals surface area (Å²) < 4.78 is 27.2. The zero-order valence-electron chi connectivity index (χ0n) is 11.9. The zero-order valence-corrected chi connectivity index (χ0v) is 12.8. The number of phosphoric ester groups is 1. The van der Waals surface area contributed by atoms with Crippen molar-refractivity contribution in [2.45, 2.75) is 13.8 Å². The SMILES string of the molecule is CCOP(=O)(OCC)OC(=O)c1cccc2ccccc12. The molecule has 0 aliphatic rings. The van der Waals surface area contributed by atoms with Crippen molar-refractivity contribution in [2.24, 2.45) is 0 Å². The molecule has 2 aromatic carbocycles. The van der Waals surface area contributed by atoms with E-state index in [0.29, 0.717) is 5.56 Å². The first-order valence-electron chi connectivity index (χ1n) is 6.70. The highest BCUT2D eigenvalue weighted by molar-refractivity contribution is 7.49.